The normalized spacial score (nSPS) is 13.3. The molecule has 35 heavy (non-hydrogen) atoms. The molecule has 1 saturated heterocycles. The van der Waals surface area contributed by atoms with E-state index in [9.17, 15) is 10.1 Å². The predicted octanol–water partition coefficient (Wildman–Crippen LogP) is 3.06. The highest BCUT2D eigenvalue weighted by Crippen LogP contribution is 2.37. The molecule has 0 amide bonds. The summed E-state index contributed by atoms with van der Waals surface area (Å²) in [5.41, 5.74) is 7.06. The molecule has 3 aromatic rings. The Bertz CT molecular complexity index is 1210. The molecule has 2 heterocycles. The number of hydrogen-bond acceptors (Lipinski definition) is 11. The summed E-state index contributed by atoms with van der Waals surface area (Å²) in [6.45, 7) is 2.56. The Hall–Kier alpha value is -4.48. The number of piperazine rings is 1. The number of nitrogens with one attached hydrogen (secondary N) is 1. The Morgan fingerprint density at radius 3 is 2.29 bits per heavy atom. The van der Waals surface area contributed by atoms with Gasteiger partial charge in [0.2, 0.25) is 17.6 Å². The molecule has 12 nitrogen and oxygen atoms in total. The lowest BCUT2D eigenvalue weighted by atomic mass is 10.2. The van der Waals surface area contributed by atoms with E-state index in [4.69, 9.17) is 19.9 Å². The van der Waals surface area contributed by atoms with Gasteiger partial charge < -0.3 is 35.1 Å². The first-order valence-electron chi connectivity index (χ1n) is 10.9. The first kappa shape index (κ1) is 23.7. The molecule has 184 valence electrons. The van der Waals surface area contributed by atoms with E-state index >= 15 is 0 Å². The monoisotopic (exact) mass is 481 g/mol. The van der Waals surface area contributed by atoms with Gasteiger partial charge in [-0.05, 0) is 24.3 Å². The second-order valence-electron chi connectivity index (χ2n) is 7.70. The summed E-state index contributed by atoms with van der Waals surface area (Å²) in [5, 5.41) is 14.8. The number of ether oxygens (including phenoxy) is 3. The topological polar surface area (TPSA) is 141 Å². The molecule has 0 saturated carbocycles. The van der Waals surface area contributed by atoms with E-state index in [1.165, 1.54) is 14.2 Å². The van der Waals surface area contributed by atoms with Crippen molar-refractivity contribution in [1.82, 2.24) is 9.97 Å². The second kappa shape index (κ2) is 10.2. The van der Waals surface area contributed by atoms with Crippen molar-refractivity contribution in [3.8, 4) is 17.2 Å². The molecule has 0 aliphatic carbocycles. The standard InChI is InChI=1S/C23H27N7O5/c1-33-15-8-9-18(34-2)16(14-15)25-22-20(30(31)32)21(24)26-23(27-22)29-12-10-28(11-13-29)17-6-4-5-7-19(17)35-3/h4-9,14H,10-13H2,1-3H3,(H3,24,25,26,27). The molecule has 0 radical (unpaired) electrons. The van der Waals surface area contributed by atoms with Crippen LogP contribution in [0.15, 0.2) is 42.5 Å². The van der Waals surface area contributed by atoms with Gasteiger partial charge in [-0.1, -0.05) is 12.1 Å². The van der Waals surface area contributed by atoms with Crippen molar-refractivity contribution in [2.45, 2.75) is 0 Å². The highest BCUT2D eigenvalue weighted by molar-refractivity contribution is 5.77. The third kappa shape index (κ3) is 4.90. The van der Waals surface area contributed by atoms with E-state index in [2.05, 4.69) is 20.2 Å². The summed E-state index contributed by atoms with van der Waals surface area (Å²) in [7, 11) is 4.68. The maximum absolute atomic E-state index is 11.8. The molecule has 1 aromatic heterocycles. The molecule has 12 heteroatoms. The van der Waals surface area contributed by atoms with E-state index < -0.39 is 10.6 Å². The lowest BCUT2D eigenvalue weighted by Crippen LogP contribution is -2.47. The van der Waals surface area contributed by atoms with E-state index in [0.717, 1.165) is 11.4 Å². The lowest BCUT2D eigenvalue weighted by molar-refractivity contribution is -0.383. The number of benzene rings is 2. The minimum Gasteiger partial charge on any atom is -0.497 e. The van der Waals surface area contributed by atoms with E-state index in [0.29, 0.717) is 49.3 Å². The van der Waals surface area contributed by atoms with Gasteiger partial charge in [0.25, 0.3) is 0 Å². The average Bonchev–Trinajstić information content (AvgIpc) is 2.88. The lowest BCUT2D eigenvalue weighted by Gasteiger charge is -2.36. The van der Waals surface area contributed by atoms with Crippen molar-refractivity contribution in [1.29, 1.82) is 0 Å². The van der Waals surface area contributed by atoms with Crippen LogP contribution in [-0.4, -0.2) is 62.4 Å². The number of rotatable bonds is 8. The molecule has 1 aliphatic heterocycles. The SMILES string of the molecule is COc1ccc(OC)c(Nc2nc(N3CCN(c4ccccc4OC)CC3)nc(N)c2[N+](=O)[O-])c1. The number of methoxy groups -OCH3 is 3. The summed E-state index contributed by atoms with van der Waals surface area (Å²) >= 11 is 0. The van der Waals surface area contributed by atoms with Crippen LogP contribution >= 0.6 is 0 Å². The fourth-order valence-electron chi connectivity index (χ4n) is 3.95. The second-order valence-corrected chi connectivity index (χ2v) is 7.70. The number of hydrogen-bond donors (Lipinski definition) is 2. The van der Waals surface area contributed by atoms with Crippen LogP contribution in [0, 0.1) is 10.1 Å². The van der Waals surface area contributed by atoms with E-state index in [-0.39, 0.29) is 11.6 Å². The largest absolute Gasteiger partial charge is 0.497 e. The Morgan fingerprint density at radius 1 is 0.943 bits per heavy atom. The van der Waals surface area contributed by atoms with Gasteiger partial charge in [0, 0.05) is 32.2 Å². The summed E-state index contributed by atoms with van der Waals surface area (Å²) < 4.78 is 16.1. The van der Waals surface area contributed by atoms with Gasteiger partial charge in [-0.3, -0.25) is 10.1 Å². The van der Waals surface area contributed by atoms with Gasteiger partial charge in [0.1, 0.15) is 17.2 Å². The molecular weight excluding hydrogens is 454 g/mol. The molecule has 1 aliphatic rings. The maximum atomic E-state index is 11.8. The number of nitrogens with two attached hydrogens (primary N) is 1. The summed E-state index contributed by atoms with van der Waals surface area (Å²) in [6, 6.07) is 12.9. The summed E-state index contributed by atoms with van der Waals surface area (Å²) in [6.07, 6.45) is 0. The maximum Gasteiger partial charge on any atom is 0.353 e. The summed E-state index contributed by atoms with van der Waals surface area (Å²) in [5.74, 6) is 1.86. The van der Waals surface area contributed by atoms with Gasteiger partial charge in [0.05, 0.1) is 37.6 Å². The van der Waals surface area contributed by atoms with Crippen molar-refractivity contribution >= 4 is 34.6 Å². The predicted molar refractivity (Wildman–Crippen MR) is 133 cm³/mol. The number of nitrogens with zero attached hydrogens (tertiary/aromatic N) is 5. The van der Waals surface area contributed by atoms with Crippen molar-refractivity contribution in [3.05, 3.63) is 52.6 Å². The summed E-state index contributed by atoms with van der Waals surface area (Å²) in [4.78, 5) is 24.0. The fraction of sp³-hybridized carbons (Fsp3) is 0.304. The van der Waals surface area contributed by atoms with Gasteiger partial charge in [-0.2, -0.15) is 9.97 Å². The Labute approximate surface area is 202 Å². The smallest absolute Gasteiger partial charge is 0.353 e. The van der Waals surface area contributed by atoms with Crippen LogP contribution in [0.3, 0.4) is 0 Å². The zero-order valence-corrected chi connectivity index (χ0v) is 19.7. The highest BCUT2D eigenvalue weighted by Gasteiger charge is 2.28. The molecule has 4 rings (SSSR count). The average molecular weight is 482 g/mol. The molecule has 2 aromatic carbocycles. The van der Waals surface area contributed by atoms with Crippen LogP contribution in [0.1, 0.15) is 0 Å². The fourth-order valence-corrected chi connectivity index (χ4v) is 3.95. The van der Waals surface area contributed by atoms with Crippen LogP contribution in [0.4, 0.5) is 34.6 Å². The van der Waals surface area contributed by atoms with Crippen molar-refractivity contribution in [3.63, 3.8) is 0 Å². The minimum absolute atomic E-state index is 0.0313. The van der Waals surface area contributed by atoms with Gasteiger partial charge >= 0.3 is 5.69 Å². The van der Waals surface area contributed by atoms with E-state index in [1.54, 1.807) is 25.3 Å². The quantitative estimate of drug-likeness (QED) is 0.362. The first-order chi connectivity index (χ1) is 16.9. The van der Waals surface area contributed by atoms with E-state index in [1.807, 2.05) is 29.2 Å². The van der Waals surface area contributed by atoms with Gasteiger partial charge in [-0.15, -0.1) is 0 Å². The molecule has 1 fully saturated rings. The zero-order valence-electron chi connectivity index (χ0n) is 19.7. The number of aromatic nitrogens is 2. The van der Waals surface area contributed by atoms with Crippen LogP contribution in [0.25, 0.3) is 0 Å². The van der Waals surface area contributed by atoms with Crippen LogP contribution in [0.2, 0.25) is 0 Å². The zero-order chi connectivity index (χ0) is 24.9. The molecule has 0 spiro atoms. The number of para-hydroxylation sites is 2. The number of nitrogen functional groups attached to an aromatic ring is 1. The van der Waals surface area contributed by atoms with Gasteiger partial charge in [0.15, 0.2) is 0 Å². The minimum atomic E-state index is -0.603. The number of nitro groups is 1. The van der Waals surface area contributed by atoms with Crippen LogP contribution in [-0.2, 0) is 0 Å². The van der Waals surface area contributed by atoms with Gasteiger partial charge in [-0.25, -0.2) is 0 Å². The number of anilines is 5. The molecule has 3 N–H and O–H groups in total. The molecule has 0 atom stereocenters. The van der Waals surface area contributed by atoms with Crippen LogP contribution < -0.4 is 35.1 Å². The first-order valence-corrected chi connectivity index (χ1v) is 10.9. The van der Waals surface area contributed by atoms with Crippen LogP contribution in [0.5, 0.6) is 17.2 Å². The Balaban J connectivity index is 1.62. The Morgan fingerprint density at radius 2 is 1.63 bits per heavy atom. The molecule has 0 bridgehead atoms. The third-order valence-corrected chi connectivity index (χ3v) is 5.73. The third-order valence-electron chi connectivity index (χ3n) is 5.73. The van der Waals surface area contributed by atoms with Crippen molar-refractivity contribution in [2.24, 2.45) is 0 Å². The van der Waals surface area contributed by atoms with Crippen molar-refractivity contribution < 1.29 is 19.1 Å². The molecule has 0 unspecified atom stereocenters. The van der Waals surface area contributed by atoms with Crippen molar-refractivity contribution in [2.75, 3.05) is 68.4 Å². The molecular formula is C23H27N7O5. The highest BCUT2D eigenvalue weighted by atomic mass is 16.6. The Kier molecular flexibility index (Phi) is 6.90.